The number of hydrogen-bond acceptors (Lipinski definition) is 5. The highest BCUT2D eigenvalue weighted by atomic mass is 31.0. The molecule has 0 saturated carbocycles. The molecular weight excluding hydrogens is 313 g/mol. The van der Waals surface area contributed by atoms with Crippen LogP contribution in [0.25, 0.3) is 11.4 Å². The number of carbonyl (C=O) groups excluding carboxylic acids is 1. The van der Waals surface area contributed by atoms with Crippen LogP contribution in [0.3, 0.4) is 0 Å². The Morgan fingerprint density at radius 2 is 2.17 bits per heavy atom. The number of hydrogen-bond donors (Lipinski definition) is 0. The molecule has 3 aromatic rings. The van der Waals surface area contributed by atoms with Gasteiger partial charge in [-0.3, -0.25) is 4.68 Å². The molecule has 0 radical (unpaired) electrons. The number of nitrogens with zero attached hydrogens (tertiary/aromatic N) is 3. The van der Waals surface area contributed by atoms with Crippen LogP contribution in [-0.4, -0.2) is 27.5 Å². The maximum absolute atomic E-state index is 12.0. The summed E-state index contributed by atoms with van der Waals surface area (Å²) in [6, 6.07) is 11.4. The van der Waals surface area contributed by atoms with Gasteiger partial charge in [0.05, 0.1) is 18.8 Å². The first-order valence-electron chi connectivity index (χ1n) is 7.18. The van der Waals surface area contributed by atoms with Crippen LogP contribution in [0.2, 0.25) is 0 Å². The molecule has 1 atom stereocenters. The Kier molecular flexibility index (Phi) is 4.53. The van der Waals surface area contributed by atoms with E-state index in [1.807, 2.05) is 24.3 Å². The number of aromatic nitrogens is 3. The van der Waals surface area contributed by atoms with Crippen LogP contribution in [-0.2, 0) is 11.3 Å². The average Bonchev–Trinajstić information content (AvgIpc) is 3.19. The van der Waals surface area contributed by atoms with Crippen molar-refractivity contribution >= 4 is 20.5 Å². The minimum atomic E-state index is -0.449. The lowest BCUT2D eigenvalue weighted by molar-refractivity contribution is 0.0518. The van der Waals surface area contributed by atoms with E-state index in [2.05, 4.69) is 19.5 Å². The smallest absolute Gasteiger partial charge is 0.358 e. The number of carbonyl (C=O) groups is 1. The fraction of sp³-hybridized carbons (Fsp3) is 0.188. The zero-order chi connectivity index (χ0) is 16.2. The molecule has 2 heterocycles. The average molecular weight is 329 g/mol. The molecule has 3 rings (SSSR count). The van der Waals surface area contributed by atoms with Gasteiger partial charge >= 0.3 is 5.97 Å². The number of esters is 1. The quantitative estimate of drug-likeness (QED) is 0.530. The minimum Gasteiger partial charge on any atom is -0.461 e. The van der Waals surface area contributed by atoms with E-state index in [1.54, 1.807) is 23.7 Å². The molecule has 0 aliphatic heterocycles. The molecular formula is C16H16N3O3P. The predicted molar refractivity (Wildman–Crippen MR) is 88.6 cm³/mol. The van der Waals surface area contributed by atoms with Crippen LogP contribution in [0.5, 0.6) is 0 Å². The molecule has 23 heavy (non-hydrogen) atoms. The van der Waals surface area contributed by atoms with Crippen molar-refractivity contribution in [2.24, 2.45) is 0 Å². The molecule has 0 bridgehead atoms. The van der Waals surface area contributed by atoms with E-state index in [0.29, 0.717) is 24.5 Å². The Labute approximate surface area is 135 Å². The van der Waals surface area contributed by atoms with Gasteiger partial charge in [-0.2, -0.15) is 5.10 Å². The van der Waals surface area contributed by atoms with Crippen molar-refractivity contribution in [2.75, 3.05) is 6.61 Å². The molecule has 0 fully saturated rings. The van der Waals surface area contributed by atoms with Gasteiger partial charge in [-0.15, -0.1) is 9.24 Å². The molecule has 0 aliphatic carbocycles. The summed E-state index contributed by atoms with van der Waals surface area (Å²) < 4.78 is 11.7. The first kappa shape index (κ1) is 15.4. The van der Waals surface area contributed by atoms with Crippen molar-refractivity contribution in [1.82, 2.24) is 14.9 Å². The second-order valence-corrected chi connectivity index (χ2v) is 5.50. The van der Waals surface area contributed by atoms with E-state index in [4.69, 9.17) is 9.26 Å². The van der Waals surface area contributed by atoms with Gasteiger partial charge < -0.3 is 9.26 Å². The standard InChI is InChI=1S/C16H16N3O3P/c1-2-21-16(20)13-9-14(12-7-8-22-18-12)19(17-13)10-11-5-3-4-6-15(11)23/h3-9H,2,10,23H2,1H3. The molecule has 7 heteroatoms. The number of benzene rings is 1. The molecule has 118 valence electrons. The minimum absolute atomic E-state index is 0.256. The maximum atomic E-state index is 12.0. The zero-order valence-corrected chi connectivity index (χ0v) is 13.8. The highest BCUT2D eigenvalue weighted by Crippen LogP contribution is 2.20. The highest BCUT2D eigenvalue weighted by molar-refractivity contribution is 7.27. The van der Waals surface area contributed by atoms with Crippen molar-refractivity contribution in [3.8, 4) is 11.4 Å². The summed E-state index contributed by atoms with van der Waals surface area (Å²) in [5.41, 5.74) is 2.66. The van der Waals surface area contributed by atoms with E-state index in [-0.39, 0.29) is 5.69 Å². The van der Waals surface area contributed by atoms with Crippen LogP contribution in [0.1, 0.15) is 23.0 Å². The molecule has 0 spiro atoms. The van der Waals surface area contributed by atoms with Gasteiger partial charge in [0, 0.05) is 12.1 Å². The first-order valence-corrected chi connectivity index (χ1v) is 7.76. The van der Waals surface area contributed by atoms with Gasteiger partial charge in [0.25, 0.3) is 0 Å². The summed E-state index contributed by atoms with van der Waals surface area (Å²) in [4.78, 5) is 12.0. The Bertz CT molecular complexity index is 812. The molecule has 0 saturated heterocycles. The van der Waals surface area contributed by atoms with E-state index < -0.39 is 5.97 Å². The second-order valence-electron chi connectivity index (χ2n) is 4.88. The summed E-state index contributed by atoms with van der Waals surface area (Å²) in [5.74, 6) is -0.449. The third-order valence-electron chi connectivity index (χ3n) is 3.34. The van der Waals surface area contributed by atoms with Gasteiger partial charge in [0.1, 0.15) is 12.0 Å². The predicted octanol–water partition coefficient (Wildman–Crippen LogP) is 2.26. The monoisotopic (exact) mass is 329 g/mol. The fourth-order valence-electron chi connectivity index (χ4n) is 2.23. The normalized spacial score (nSPS) is 10.7. The molecule has 1 unspecified atom stereocenters. The van der Waals surface area contributed by atoms with Crippen molar-refractivity contribution in [2.45, 2.75) is 13.5 Å². The largest absolute Gasteiger partial charge is 0.461 e. The van der Waals surface area contributed by atoms with Crippen LogP contribution in [0, 0.1) is 0 Å². The summed E-state index contributed by atoms with van der Waals surface area (Å²) in [5, 5.41) is 9.38. The van der Waals surface area contributed by atoms with E-state index >= 15 is 0 Å². The Hall–Kier alpha value is -2.46. The molecule has 6 nitrogen and oxygen atoms in total. The van der Waals surface area contributed by atoms with E-state index in [9.17, 15) is 4.79 Å². The van der Waals surface area contributed by atoms with Gasteiger partial charge in [0.2, 0.25) is 0 Å². The lowest BCUT2D eigenvalue weighted by atomic mass is 10.2. The molecule has 1 aromatic carbocycles. The van der Waals surface area contributed by atoms with Crippen LogP contribution < -0.4 is 5.30 Å². The second kappa shape index (κ2) is 6.75. The fourth-order valence-corrected chi connectivity index (χ4v) is 2.53. The molecule has 0 aliphatic rings. The van der Waals surface area contributed by atoms with Crippen LogP contribution in [0.4, 0.5) is 0 Å². The van der Waals surface area contributed by atoms with Gasteiger partial charge in [0.15, 0.2) is 5.69 Å². The summed E-state index contributed by atoms with van der Waals surface area (Å²) in [6.45, 7) is 2.58. The third-order valence-corrected chi connectivity index (χ3v) is 3.90. The molecule has 0 amide bonds. The Balaban J connectivity index is 2.00. The van der Waals surface area contributed by atoms with Crippen molar-refractivity contribution in [3.05, 3.63) is 53.9 Å². The number of ether oxygens (including phenoxy) is 1. The van der Waals surface area contributed by atoms with E-state index in [0.717, 1.165) is 10.9 Å². The van der Waals surface area contributed by atoms with Gasteiger partial charge in [-0.05, 0) is 17.8 Å². The number of rotatable bonds is 5. The van der Waals surface area contributed by atoms with Gasteiger partial charge in [-0.1, -0.05) is 29.4 Å². The highest BCUT2D eigenvalue weighted by Gasteiger charge is 2.18. The Morgan fingerprint density at radius 1 is 1.35 bits per heavy atom. The van der Waals surface area contributed by atoms with Crippen molar-refractivity contribution in [1.29, 1.82) is 0 Å². The third kappa shape index (κ3) is 3.32. The van der Waals surface area contributed by atoms with Crippen molar-refractivity contribution in [3.63, 3.8) is 0 Å². The van der Waals surface area contributed by atoms with Gasteiger partial charge in [-0.25, -0.2) is 4.79 Å². The zero-order valence-electron chi connectivity index (χ0n) is 12.6. The molecule has 2 aromatic heterocycles. The molecule has 0 N–H and O–H groups in total. The van der Waals surface area contributed by atoms with Crippen LogP contribution in [0.15, 0.2) is 47.2 Å². The lowest BCUT2D eigenvalue weighted by Crippen LogP contribution is -2.11. The summed E-state index contributed by atoms with van der Waals surface area (Å²) in [6.07, 6.45) is 1.49. The van der Waals surface area contributed by atoms with E-state index in [1.165, 1.54) is 6.26 Å². The maximum Gasteiger partial charge on any atom is 0.358 e. The first-order chi connectivity index (χ1) is 11.2. The Morgan fingerprint density at radius 3 is 2.87 bits per heavy atom. The lowest BCUT2D eigenvalue weighted by Gasteiger charge is -2.08. The SMILES string of the molecule is CCOC(=O)c1cc(-c2ccon2)n(Cc2ccccc2P)n1. The summed E-state index contributed by atoms with van der Waals surface area (Å²) >= 11 is 0. The van der Waals surface area contributed by atoms with Crippen molar-refractivity contribution < 1.29 is 14.1 Å². The topological polar surface area (TPSA) is 70.2 Å². The summed E-state index contributed by atoms with van der Waals surface area (Å²) in [7, 11) is 2.70. The van der Waals surface area contributed by atoms with Crippen LogP contribution >= 0.6 is 9.24 Å².